The number of nitrogens with zero attached hydrogens (tertiary/aromatic N) is 1. The first kappa shape index (κ1) is 14.8. The Morgan fingerprint density at radius 2 is 1.83 bits per heavy atom. The lowest BCUT2D eigenvalue weighted by molar-refractivity contribution is 0.242. The van der Waals surface area contributed by atoms with Gasteiger partial charge in [0, 0.05) is 0 Å². The quantitative estimate of drug-likeness (QED) is 0.846. The van der Waals surface area contributed by atoms with Crippen molar-refractivity contribution in [3.05, 3.63) is 24.3 Å². The van der Waals surface area contributed by atoms with Crippen LogP contribution in [0.5, 0.6) is 5.75 Å². The van der Waals surface area contributed by atoms with E-state index in [1.165, 1.54) is 0 Å². The lowest BCUT2D eigenvalue weighted by Gasteiger charge is -2.21. The molecule has 0 amide bonds. The van der Waals surface area contributed by atoms with E-state index in [0.717, 1.165) is 10.6 Å². The minimum atomic E-state index is -3.38. The van der Waals surface area contributed by atoms with Gasteiger partial charge in [-0.15, -0.1) is 0 Å². The molecule has 0 unspecified atom stereocenters. The van der Waals surface area contributed by atoms with Gasteiger partial charge >= 0.3 is 0 Å². The third kappa shape index (κ3) is 4.19. The standard InChI is InChI=1S/C12H19NO4S/c1-10(2)17-12-6-4-11(5-7-12)13(8-9-14)18(3,15)16/h4-7,10,14H,8-9H2,1-3H3. The van der Waals surface area contributed by atoms with Gasteiger partial charge in [0.2, 0.25) is 10.0 Å². The highest BCUT2D eigenvalue weighted by Crippen LogP contribution is 2.21. The molecule has 0 aliphatic heterocycles. The van der Waals surface area contributed by atoms with E-state index in [2.05, 4.69) is 0 Å². The van der Waals surface area contributed by atoms with Gasteiger partial charge in [0.25, 0.3) is 0 Å². The third-order valence-corrected chi connectivity index (χ3v) is 3.39. The number of sulfonamides is 1. The van der Waals surface area contributed by atoms with Crippen molar-refractivity contribution in [1.29, 1.82) is 0 Å². The highest BCUT2D eigenvalue weighted by Gasteiger charge is 2.16. The lowest BCUT2D eigenvalue weighted by Crippen LogP contribution is -2.32. The van der Waals surface area contributed by atoms with Gasteiger partial charge in [-0.3, -0.25) is 4.31 Å². The Morgan fingerprint density at radius 3 is 2.22 bits per heavy atom. The van der Waals surface area contributed by atoms with E-state index in [0.29, 0.717) is 11.4 Å². The van der Waals surface area contributed by atoms with Crippen molar-refractivity contribution in [2.45, 2.75) is 20.0 Å². The molecule has 0 aliphatic carbocycles. The van der Waals surface area contributed by atoms with Crippen LogP contribution in [0, 0.1) is 0 Å². The SMILES string of the molecule is CC(C)Oc1ccc(N(CCO)S(C)(=O)=O)cc1. The third-order valence-electron chi connectivity index (χ3n) is 2.20. The molecular weight excluding hydrogens is 254 g/mol. The molecule has 18 heavy (non-hydrogen) atoms. The summed E-state index contributed by atoms with van der Waals surface area (Å²) in [4.78, 5) is 0. The van der Waals surface area contributed by atoms with E-state index in [4.69, 9.17) is 9.84 Å². The van der Waals surface area contributed by atoms with E-state index in [1.54, 1.807) is 24.3 Å². The fourth-order valence-electron chi connectivity index (χ4n) is 1.54. The molecule has 0 heterocycles. The lowest BCUT2D eigenvalue weighted by atomic mass is 10.3. The predicted octanol–water partition coefficient (Wildman–Crippen LogP) is 1.23. The molecule has 1 rings (SSSR count). The summed E-state index contributed by atoms with van der Waals surface area (Å²) >= 11 is 0. The summed E-state index contributed by atoms with van der Waals surface area (Å²) in [6.45, 7) is 3.66. The molecule has 1 aromatic carbocycles. The monoisotopic (exact) mass is 273 g/mol. The number of benzene rings is 1. The van der Waals surface area contributed by atoms with E-state index < -0.39 is 10.0 Å². The first-order valence-corrected chi connectivity index (χ1v) is 7.54. The maximum Gasteiger partial charge on any atom is 0.232 e. The van der Waals surface area contributed by atoms with Gasteiger partial charge in [0.1, 0.15) is 5.75 Å². The van der Waals surface area contributed by atoms with Crippen LogP contribution in [0.3, 0.4) is 0 Å². The zero-order valence-electron chi connectivity index (χ0n) is 10.8. The molecule has 5 nitrogen and oxygen atoms in total. The molecular formula is C12H19NO4S. The van der Waals surface area contributed by atoms with E-state index in [9.17, 15) is 8.42 Å². The molecule has 1 N–H and O–H groups in total. The number of aliphatic hydroxyl groups is 1. The normalized spacial score (nSPS) is 11.6. The highest BCUT2D eigenvalue weighted by atomic mass is 32.2. The van der Waals surface area contributed by atoms with Crippen molar-refractivity contribution >= 4 is 15.7 Å². The first-order valence-electron chi connectivity index (χ1n) is 5.70. The van der Waals surface area contributed by atoms with Crippen LogP contribution in [0.2, 0.25) is 0 Å². The van der Waals surface area contributed by atoms with Crippen molar-refractivity contribution < 1.29 is 18.3 Å². The molecule has 0 aliphatic rings. The van der Waals surface area contributed by atoms with E-state index in [-0.39, 0.29) is 19.3 Å². The Kier molecular flexibility index (Phi) is 4.98. The average molecular weight is 273 g/mol. The van der Waals surface area contributed by atoms with Crippen molar-refractivity contribution in [2.75, 3.05) is 23.7 Å². The van der Waals surface area contributed by atoms with Crippen LogP contribution in [-0.4, -0.2) is 39.0 Å². The molecule has 0 bridgehead atoms. The molecule has 0 spiro atoms. The Labute approximate surface area is 108 Å². The Balaban J connectivity index is 2.94. The topological polar surface area (TPSA) is 66.8 Å². The van der Waals surface area contributed by atoms with Crippen LogP contribution in [0.25, 0.3) is 0 Å². The zero-order valence-corrected chi connectivity index (χ0v) is 11.6. The minimum Gasteiger partial charge on any atom is -0.491 e. The summed E-state index contributed by atoms with van der Waals surface area (Å²) in [7, 11) is -3.38. The van der Waals surface area contributed by atoms with Crippen molar-refractivity contribution in [1.82, 2.24) is 0 Å². The summed E-state index contributed by atoms with van der Waals surface area (Å²) in [5, 5.41) is 8.90. The van der Waals surface area contributed by atoms with Crippen LogP contribution < -0.4 is 9.04 Å². The fourth-order valence-corrected chi connectivity index (χ4v) is 2.46. The molecule has 0 atom stereocenters. The van der Waals surface area contributed by atoms with Crippen LogP contribution in [0.1, 0.15) is 13.8 Å². The Morgan fingerprint density at radius 1 is 1.28 bits per heavy atom. The van der Waals surface area contributed by atoms with E-state index >= 15 is 0 Å². The maximum absolute atomic E-state index is 11.6. The van der Waals surface area contributed by atoms with Crippen molar-refractivity contribution in [3.8, 4) is 5.75 Å². The highest BCUT2D eigenvalue weighted by molar-refractivity contribution is 7.92. The molecule has 6 heteroatoms. The second-order valence-electron chi connectivity index (χ2n) is 4.22. The fraction of sp³-hybridized carbons (Fsp3) is 0.500. The number of anilines is 1. The Bertz CT molecular complexity index is 467. The second kappa shape index (κ2) is 6.06. The predicted molar refractivity (Wildman–Crippen MR) is 71.5 cm³/mol. The van der Waals surface area contributed by atoms with Gasteiger partial charge in [-0.2, -0.15) is 0 Å². The van der Waals surface area contributed by atoms with Gasteiger partial charge in [-0.05, 0) is 38.1 Å². The summed E-state index contributed by atoms with van der Waals surface area (Å²) in [6, 6.07) is 6.75. The zero-order chi connectivity index (χ0) is 13.8. The van der Waals surface area contributed by atoms with Gasteiger partial charge < -0.3 is 9.84 Å². The number of aliphatic hydroxyl groups excluding tert-OH is 1. The van der Waals surface area contributed by atoms with Gasteiger partial charge in [-0.1, -0.05) is 0 Å². The van der Waals surface area contributed by atoms with Crippen molar-refractivity contribution in [3.63, 3.8) is 0 Å². The summed E-state index contributed by atoms with van der Waals surface area (Å²) in [6.07, 6.45) is 1.18. The molecule has 0 aromatic heterocycles. The van der Waals surface area contributed by atoms with Crippen LogP contribution >= 0.6 is 0 Å². The minimum absolute atomic E-state index is 0.0449. The maximum atomic E-state index is 11.6. The molecule has 0 saturated heterocycles. The smallest absolute Gasteiger partial charge is 0.232 e. The number of hydrogen-bond acceptors (Lipinski definition) is 4. The van der Waals surface area contributed by atoms with E-state index in [1.807, 2.05) is 13.8 Å². The van der Waals surface area contributed by atoms with Crippen LogP contribution in [-0.2, 0) is 10.0 Å². The summed E-state index contributed by atoms with van der Waals surface area (Å²) < 4.78 is 29.8. The number of ether oxygens (including phenoxy) is 1. The van der Waals surface area contributed by atoms with Gasteiger partial charge in [0.05, 0.1) is 31.2 Å². The summed E-state index contributed by atoms with van der Waals surface area (Å²) in [5.74, 6) is 0.686. The number of hydrogen-bond donors (Lipinski definition) is 1. The molecule has 0 radical (unpaired) electrons. The largest absolute Gasteiger partial charge is 0.491 e. The number of rotatable bonds is 6. The second-order valence-corrected chi connectivity index (χ2v) is 6.13. The van der Waals surface area contributed by atoms with Gasteiger partial charge in [-0.25, -0.2) is 8.42 Å². The average Bonchev–Trinajstić information content (AvgIpc) is 2.25. The van der Waals surface area contributed by atoms with Crippen molar-refractivity contribution in [2.24, 2.45) is 0 Å². The molecule has 0 fully saturated rings. The molecule has 1 aromatic rings. The van der Waals surface area contributed by atoms with Gasteiger partial charge in [0.15, 0.2) is 0 Å². The van der Waals surface area contributed by atoms with Crippen LogP contribution in [0.15, 0.2) is 24.3 Å². The molecule has 102 valence electrons. The van der Waals surface area contributed by atoms with Crippen LogP contribution in [0.4, 0.5) is 5.69 Å². The molecule has 0 saturated carbocycles. The first-order chi connectivity index (χ1) is 8.34. The Hall–Kier alpha value is -1.27. The summed E-state index contributed by atoms with van der Waals surface area (Å²) in [5.41, 5.74) is 0.516.